The molecule has 184 valence electrons. The fourth-order valence-electron chi connectivity index (χ4n) is 2.99. The number of carbonyl (C=O) groups is 4. The Morgan fingerprint density at radius 1 is 0.971 bits per heavy atom. The van der Waals surface area contributed by atoms with Gasteiger partial charge in [-0.05, 0) is 5.56 Å². The van der Waals surface area contributed by atoms with Crippen molar-refractivity contribution >= 4 is 36.3 Å². The molecule has 0 bridgehead atoms. The second kappa shape index (κ2) is 13.3. The molecule has 4 unspecified atom stereocenters. The summed E-state index contributed by atoms with van der Waals surface area (Å²) in [5.74, 6) is -3.71. The van der Waals surface area contributed by atoms with E-state index in [4.69, 9.17) is 5.73 Å². The normalized spacial score (nSPS) is 14.3. The van der Waals surface area contributed by atoms with E-state index in [2.05, 4.69) is 38.5 Å². The van der Waals surface area contributed by atoms with E-state index in [0.717, 1.165) is 0 Å². The Hall–Kier alpha value is -3.42. The number of H-pyrrole nitrogens is 1. The average molecular weight is 493 g/mol. The van der Waals surface area contributed by atoms with Crippen molar-refractivity contribution in [2.24, 2.45) is 5.73 Å². The number of aliphatic hydroxyl groups is 1. The summed E-state index contributed by atoms with van der Waals surface area (Å²) < 4.78 is 0. The van der Waals surface area contributed by atoms with Gasteiger partial charge in [-0.15, -0.1) is 0 Å². The molecule has 2 rings (SSSR count). The number of carboxylic acid groups (broad SMARTS) is 1. The molecule has 0 radical (unpaired) electrons. The number of carbonyl (C=O) groups excluding carboxylic acids is 3. The molecule has 8 N–H and O–H groups in total. The Morgan fingerprint density at radius 2 is 1.59 bits per heavy atom. The maximum Gasteiger partial charge on any atom is 0.326 e. The molecule has 0 saturated carbocycles. The van der Waals surface area contributed by atoms with Crippen molar-refractivity contribution in [3.8, 4) is 0 Å². The largest absolute Gasteiger partial charge is 0.480 e. The molecule has 3 amide bonds. The number of aliphatic hydroxyl groups excluding tert-OH is 1. The Kier molecular flexibility index (Phi) is 10.5. The van der Waals surface area contributed by atoms with Gasteiger partial charge in [0.05, 0.1) is 19.0 Å². The maximum absolute atomic E-state index is 12.6. The predicted octanol–water partition coefficient (Wildman–Crippen LogP) is -2.02. The topological polar surface area (TPSA) is 200 Å². The molecule has 0 aliphatic heterocycles. The fourth-order valence-corrected chi connectivity index (χ4v) is 3.24. The Morgan fingerprint density at radius 3 is 2.15 bits per heavy atom. The molecule has 0 aliphatic rings. The van der Waals surface area contributed by atoms with E-state index >= 15 is 0 Å². The minimum Gasteiger partial charge on any atom is -0.480 e. The first-order valence-electron chi connectivity index (χ1n) is 10.4. The van der Waals surface area contributed by atoms with Crippen LogP contribution in [0.3, 0.4) is 0 Å². The summed E-state index contributed by atoms with van der Waals surface area (Å²) >= 11 is 4.05. The molecule has 4 atom stereocenters. The van der Waals surface area contributed by atoms with Crippen LogP contribution >= 0.6 is 12.6 Å². The van der Waals surface area contributed by atoms with Crippen LogP contribution in [-0.2, 0) is 32.0 Å². The van der Waals surface area contributed by atoms with Crippen LogP contribution in [0.2, 0.25) is 0 Å². The number of carboxylic acids is 1. The highest BCUT2D eigenvalue weighted by atomic mass is 32.1. The lowest BCUT2D eigenvalue weighted by Crippen LogP contribution is -2.58. The van der Waals surface area contributed by atoms with E-state index in [1.807, 2.05) is 0 Å². The number of benzene rings is 1. The monoisotopic (exact) mass is 492 g/mol. The van der Waals surface area contributed by atoms with Crippen LogP contribution in [0, 0.1) is 0 Å². The van der Waals surface area contributed by atoms with Crippen molar-refractivity contribution in [3.05, 3.63) is 54.1 Å². The van der Waals surface area contributed by atoms with Gasteiger partial charge in [-0.2, -0.15) is 12.6 Å². The summed E-state index contributed by atoms with van der Waals surface area (Å²) in [6, 6.07) is 3.90. The summed E-state index contributed by atoms with van der Waals surface area (Å²) in [6.07, 6.45) is 3.10. The van der Waals surface area contributed by atoms with E-state index in [-0.39, 0.29) is 18.6 Å². The van der Waals surface area contributed by atoms with Gasteiger partial charge in [0, 0.05) is 30.5 Å². The molecule has 0 fully saturated rings. The van der Waals surface area contributed by atoms with E-state index < -0.39 is 54.5 Å². The predicted molar refractivity (Wildman–Crippen MR) is 125 cm³/mol. The van der Waals surface area contributed by atoms with Gasteiger partial charge in [-0.3, -0.25) is 14.4 Å². The number of nitrogens with one attached hydrogen (secondary N) is 4. The summed E-state index contributed by atoms with van der Waals surface area (Å²) in [7, 11) is 0. The van der Waals surface area contributed by atoms with Crippen molar-refractivity contribution in [2.45, 2.75) is 37.0 Å². The lowest BCUT2D eigenvalue weighted by Gasteiger charge is -2.23. The molecule has 0 spiro atoms. The number of aliphatic carboxylic acids is 1. The standard InChI is InChI=1S/C21H28N6O6S/c22-14(7-13-8-23-11-24-13)18(29)26-16(9-28)19(30)27-17(10-34)20(31)25-15(21(32)33)6-12-4-2-1-3-5-12/h1-5,8,11,14-17,28,34H,6-7,9-10,22H2,(H,23,24)(H,25,31)(H,26,29)(H,27,30)(H,32,33). The highest BCUT2D eigenvalue weighted by molar-refractivity contribution is 7.80. The van der Waals surface area contributed by atoms with E-state index in [9.17, 15) is 29.4 Å². The number of hydrogen-bond acceptors (Lipinski definition) is 8. The van der Waals surface area contributed by atoms with Gasteiger partial charge < -0.3 is 36.9 Å². The summed E-state index contributed by atoms with van der Waals surface area (Å²) in [4.78, 5) is 55.7. The third-order valence-electron chi connectivity index (χ3n) is 4.86. The first-order chi connectivity index (χ1) is 16.2. The third-order valence-corrected chi connectivity index (χ3v) is 5.22. The second-order valence-corrected chi connectivity index (χ2v) is 7.83. The Bertz CT molecular complexity index is 958. The number of amides is 3. The van der Waals surface area contributed by atoms with Crippen LogP contribution in [0.15, 0.2) is 42.9 Å². The van der Waals surface area contributed by atoms with Crippen molar-refractivity contribution in [1.82, 2.24) is 25.9 Å². The average Bonchev–Trinajstić information content (AvgIpc) is 3.33. The summed E-state index contributed by atoms with van der Waals surface area (Å²) in [5, 5.41) is 26.1. The number of hydrogen-bond donors (Lipinski definition) is 8. The minimum atomic E-state index is -1.38. The zero-order valence-electron chi connectivity index (χ0n) is 18.2. The number of rotatable bonds is 13. The molecule has 0 aliphatic carbocycles. The van der Waals surface area contributed by atoms with Crippen molar-refractivity contribution in [1.29, 1.82) is 0 Å². The van der Waals surface area contributed by atoms with Crippen LogP contribution in [0.1, 0.15) is 11.3 Å². The number of thiol groups is 1. The van der Waals surface area contributed by atoms with Crippen LogP contribution in [0.5, 0.6) is 0 Å². The quantitative estimate of drug-likeness (QED) is 0.146. The third kappa shape index (κ3) is 8.17. The summed E-state index contributed by atoms with van der Waals surface area (Å²) in [6.45, 7) is -0.749. The lowest BCUT2D eigenvalue weighted by molar-refractivity contribution is -0.142. The lowest BCUT2D eigenvalue weighted by atomic mass is 10.1. The first kappa shape index (κ1) is 26.8. The Labute approximate surface area is 201 Å². The number of nitrogens with two attached hydrogens (primary N) is 1. The SMILES string of the molecule is NC(Cc1cnc[nH]1)C(=O)NC(CO)C(=O)NC(CS)C(=O)NC(Cc1ccccc1)C(=O)O. The second-order valence-electron chi connectivity index (χ2n) is 7.46. The maximum atomic E-state index is 12.6. The van der Waals surface area contributed by atoms with Gasteiger partial charge >= 0.3 is 5.97 Å². The number of imidazole rings is 1. The zero-order chi connectivity index (χ0) is 25.1. The highest BCUT2D eigenvalue weighted by Gasteiger charge is 2.29. The molecule has 1 heterocycles. The van der Waals surface area contributed by atoms with Crippen LogP contribution in [0.4, 0.5) is 0 Å². The first-order valence-corrected chi connectivity index (χ1v) is 11.0. The molecule has 1 aromatic heterocycles. The Balaban J connectivity index is 1.95. The van der Waals surface area contributed by atoms with Crippen LogP contribution in [0.25, 0.3) is 0 Å². The van der Waals surface area contributed by atoms with Crippen molar-refractivity contribution in [2.75, 3.05) is 12.4 Å². The van der Waals surface area contributed by atoms with Gasteiger partial charge in [0.2, 0.25) is 17.7 Å². The minimum absolute atomic E-state index is 0.0404. The van der Waals surface area contributed by atoms with Gasteiger partial charge in [0.15, 0.2) is 0 Å². The van der Waals surface area contributed by atoms with Gasteiger partial charge in [0.25, 0.3) is 0 Å². The van der Waals surface area contributed by atoms with Crippen molar-refractivity contribution < 1.29 is 29.4 Å². The highest BCUT2D eigenvalue weighted by Crippen LogP contribution is 2.05. The molecule has 2 aromatic rings. The molecule has 13 heteroatoms. The van der Waals surface area contributed by atoms with Crippen molar-refractivity contribution in [3.63, 3.8) is 0 Å². The fraction of sp³-hybridized carbons (Fsp3) is 0.381. The van der Waals surface area contributed by atoms with Gasteiger partial charge in [0.1, 0.15) is 18.1 Å². The number of aromatic amines is 1. The molecule has 34 heavy (non-hydrogen) atoms. The molecular formula is C21H28N6O6S. The number of nitrogens with zero attached hydrogens (tertiary/aromatic N) is 1. The van der Waals surface area contributed by atoms with Crippen LogP contribution < -0.4 is 21.7 Å². The van der Waals surface area contributed by atoms with E-state index in [1.54, 1.807) is 30.3 Å². The molecule has 0 saturated heterocycles. The van der Waals surface area contributed by atoms with Gasteiger partial charge in [-0.25, -0.2) is 9.78 Å². The molecular weight excluding hydrogens is 464 g/mol. The molecule has 12 nitrogen and oxygen atoms in total. The van der Waals surface area contributed by atoms with Gasteiger partial charge in [-0.1, -0.05) is 30.3 Å². The smallest absolute Gasteiger partial charge is 0.326 e. The van der Waals surface area contributed by atoms with Crippen LogP contribution in [-0.4, -0.2) is 80.4 Å². The molecule has 1 aromatic carbocycles. The van der Waals surface area contributed by atoms with E-state index in [0.29, 0.717) is 11.3 Å². The zero-order valence-corrected chi connectivity index (χ0v) is 19.1. The van der Waals surface area contributed by atoms with E-state index in [1.165, 1.54) is 12.5 Å². The number of aromatic nitrogens is 2. The summed E-state index contributed by atoms with van der Waals surface area (Å²) in [5.41, 5.74) is 7.15.